The summed E-state index contributed by atoms with van der Waals surface area (Å²) in [6.45, 7) is 3.30. The molecule has 76 valence electrons. The molecule has 1 N–H and O–H groups in total. The van der Waals surface area contributed by atoms with E-state index in [1.807, 2.05) is 23.9 Å². The molecule has 14 heavy (non-hydrogen) atoms. The van der Waals surface area contributed by atoms with Gasteiger partial charge in [0, 0.05) is 31.1 Å². The van der Waals surface area contributed by atoms with E-state index in [1.165, 1.54) is 30.2 Å². The number of aromatic hydroxyl groups is 1. The van der Waals surface area contributed by atoms with Gasteiger partial charge < -0.3 is 5.11 Å². The van der Waals surface area contributed by atoms with E-state index in [0.717, 1.165) is 6.54 Å². The zero-order valence-electron chi connectivity index (χ0n) is 8.15. The Hall–Kier alpha value is -0.670. The minimum Gasteiger partial charge on any atom is -0.508 e. The van der Waals surface area contributed by atoms with E-state index in [1.54, 1.807) is 6.07 Å². The fourth-order valence-electron chi connectivity index (χ4n) is 1.67. The molecule has 0 amide bonds. The van der Waals surface area contributed by atoms with Gasteiger partial charge in [0.15, 0.2) is 0 Å². The number of phenolic OH excluding ortho intramolecular Hbond substituents is 1. The number of hydrogen-bond donors (Lipinski definition) is 1. The number of hydrogen-bond acceptors (Lipinski definition) is 3. The van der Waals surface area contributed by atoms with Crippen molar-refractivity contribution in [1.29, 1.82) is 0 Å². The monoisotopic (exact) mass is 209 g/mol. The third-order valence-electron chi connectivity index (χ3n) is 2.42. The average molecular weight is 209 g/mol. The smallest absolute Gasteiger partial charge is 0.115 e. The van der Waals surface area contributed by atoms with Gasteiger partial charge in [-0.3, -0.25) is 4.90 Å². The summed E-state index contributed by atoms with van der Waals surface area (Å²) in [4.78, 5) is 2.44. The van der Waals surface area contributed by atoms with Gasteiger partial charge in [-0.1, -0.05) is 12.1 Å². The number of nitrogens with zero attached hydrogens (tertiary/aromatic N) is 1. The fraction of sp³-hybridized carbons (Fsp3) is 0.455. The first-order chi connectivity index (χ1) is 6.84. The van der Waals surface area contributed by atoms with Crippen LogP contribution < -0.4 is 0 Å². The van der Waals surface area contributed by atoms with E-state index < -0.39 is 0 Å². The molecule has 0 bridgehead atoms. The maximum Gasteiger partial charge on any atom is 0.115 e. The summed E-state index contributed by atoms with van der Waals surface area (Å²) in [6.07, 6.45) is 0. The van der Waals surface area contributed by atoms with Crippen LogP contribution in [-0.4, -0.2) is 34.6 Å². The normalized spacial score (nSPS) is 18.3. The Morgan fingerprint density at radius 3 is 2.79 bits per heavy atom. The van der Waals surface area contributed by atoms with Crippen LogP contribution in [0.25, 0.3) is 0 Å². The Bertz CT molecular complexity index is 297. The molecule has 0 aliphatic carbocycles. The predicted octanol–water partition coefficient (Wildman–Crippen LogP) is 1.94. The molecule has 1 aliphatic rings. The predicted molar refractivity (Wildman–Crippen MR) is 60.7 cm³/mol. The van der Waals surface area contributed by atoms with Crippen molar-refractivity contribution in [2.45, 2.75) is 6.54 Å². The largest absolute Gasteiger partial charge is 0.508 e. The lowest BCUT2D eigenvalue weighted by Crippen LogP contribution is -2.31. The highest BCUT2D eigenvalue weighted by atomic mass is 32.2. The second kappa shape index (κ2) is 4.71. The highest BCUT2D eigenvalue weighted by Gasteiger charge is 2.10. The van der Waals surface area contributed by atoms with Crippen LogP contribution in [0.4, 0.5) is 0 Å². The van der Waals surface area contributed by atoms with Crippen molar-refractivity contribution in [3.05, 3.63) is 29.8 Å². The lowest BCUT2D eigenvalue weighted by atomic mass is 10.2. The van der Waals surface area contributed by atoms with E-state index >= 15 is 0 Å². The van der Waals surface area contributed by atoms with Crippen LogP contribution in [0.2, 0.25) is 0 Å². The van der Waals surface area contributed by atoms with E-state index in [0.29, 0.717) is 5.75 Å². The van der Waals surface area contributed by atoms with Gasteiger partial charge in [0.05, 0.1) is 0 Å². The lowest BCUT2D eigenvalue weighted by Gasteiger charge is -2.26. The minimum atomic E-state index is 0.369. The summed E-state index contributed by atoms with van der Waals surface area (Å²) in [5.74, 6) is 2.84. The summed E-state index contributed by atoms with van der Waals surface area (Å²) in [6, 6.07) is 7.54. The van der Waals surface area contributed by atoms with Gasteiger partial charge in [-0.05, 0) is 17.7 Å². The van der Waals surface area contributed by atoms with Crippen molar-refractivity contribution in [2.24, 2.45) is 0 Å². The van der Waals surface area contributed by atoms with Gasteiger partial charge >= 0.3 is 0 Å². The molecule has 1 saturated heterocycles. The zero-order valence-corrected chi connectivity index (χ0v) is 8.96. The van der Waals surface area contributed by atoms with Crippen molar-refractivity contribution in [3.8, 4) is 5.75 Å². The van der Waals surface area contributed by atoms with E-state index in [-0.39, 0.29) is 0 Å². The van der Waals surface area contributed by atoms with Crippen LogP contribution >= 0.6 is 11.8 Å². The van der Waals surface area contributed by atoms with Crippen LogP contribution in [0.1, 0.15) is 5.56 Å². The van der Waals surface area contributed by atoms with E-state index in [4.69, 9.17) is 0 Å². The van der Waals surface area contributed by atoms with Gasteiger partial charge in [0.2, 0.25) is 0 Å². The highest BCUT2D eigenvalue weighted by Crippen LogP contribution is 2.15. The molecule has 2 nitrogen and oxygen atoms in total. The first kappa shape index (κ1) is 9.87. The minimum absolute atomic E-state index is 0.369. The van der Waals surface area contributed by atoms with Gasteiger partial charge in [0.1, 0.15) is 5.75 Å². The van der Waals surface area contributed by atoms with Crippen molar-refractivity contribution in [3.63, 3.8) is 0 Å². The molecule has 0 saturated carbocycles. The molecule has 0 aromatic heterocycles. The Morgan fingerprint density at radius 1 is 1.29 bits per heavy atom. The second-order valence-electron chi connectivity index (χ2n) is 3.56. The van der Waals surface area contributed by atoms with Gasteiger partial charge in [0.25, 0.3) is 0 Å². The molecule has 2 rings (SSSR count). The van der Waals surface area contributed by atoms with Crippen LogP contribution in [0.3, 0.4) is 0 Å². The second-order valence-corrected chi connectivity index (χ2v) is 4.78. The number of thioether (sulfide) groups is 1. The van der Waals surface area contributed by atoms with Crippen LogP contribution in [0, 0.1) is 0 Å². The maximum absolute atomic E-state index is 9.32. The molecule has 1 heterocycles. The molecule has 0 radical (unpaired) electrons. The first-order valence-electron chi connectivity index (χ1n) is 4.92. The van der Waals surface area contributed by atoms with E-state index in [2.05, 4.69) is 11.0 Å². The van der Waals surface area contributed by atoms with Crippen LogP contribution in [0.15, 0.2) is 24.3 Å². The Morgan fingerprint density at radius 2 is 2.07 bits per heavy atom. The van der Waals surface area contributed by atoms with Crippen molar-refractivity contribution in [2.75, 3.05) is 24.6 Å². The van der Waals surface area contributed by atoms with Gasteiger partial charge in [-0.15, -0.1) is 0 Å². The Labute approximate surface area is 88.9 Å². The quantitative estimate of drug-likeness (QED) is 0.805. The number of benzene rings is 1. The topological polar surface area (TPSA) is 23.5 Å². The Kier molecular flexibility index (Phi) is 3.32. The maximum atomic E-state index is 9.32. The summed E-state index contributed by atoms with van der Waals surface area (Å²) in [7, 11) is 0. The van der Waals surface area contributed by atoms with Crippen molar-refractivity contribution >= 4 is 11.8 Å². The van der Waals surface area contributed by atoms with E-state index in [9.17, 15) is 5.11 Å². The average Bonchev–Trinajstić information content (AvgIpc) is 2.19. The standard InChI is InChI=1S/C11H15NOS/c13-11-3-1-2-10(8-11)9-12-4-6-14-7-5-12/h1-3,8,13H,4-7,9H2. The highest BCUT2D eigenvalue weighted by molar-refractivity contribution is 7.99. The molecule has 1 aromatic rings. The third kappa shape index (κ3) is 2.66. The molecule has 1 aliphatic heterocycles. The first-order valence-corrected chi connectivity index (χ1v) is 6.08. The lowest BCUT2D eigenvalue weighted by molar-refractivity contribution is 0.294. The zero-order chi connectivity index (χ0) is 9.80. The van der Waals surface area contributed by atoms with Gasteiger partial charge in [-0.2, -0.15) is 11.8 Å². The summed E-state index contributed by atoms with van der Waals surface area (Å²) >= 11 is 2.02. The fourth-order valence-corrected chi connectivity index (χ4v) is 2.65. The van der Waals surface area contributed by atoms with Gasteiger partial charge in [-0.25, -0.2) is 0 Å². The molecule has 0 unspecified atom stereocenters. The van der Waals surface area contributed by atoms with Crippen LogP contribution in [-0.2, 0) is 6.54 Å². The number of rotatable bonds is 2. The molecule has 1 fully saturated rings. The molecular formula is C11H15NOS. The molecule has 0 spiro atoms. The summed E-state index contributed by atoms with van der Waals surface area (Å²) < 4.78 is 0. The summed E-state index contributed by atoms with van der Waals surface area (Å²) in [5, 5.41) is 9.32. The van der Waals surface area contributed by atoms with Crippen molar-refractivity contribution in [1.82, 2.24) is 4.90 Å². The molecule has 0 atom stereocenters. The van der Waals surface area contributed by atoms with Crippen molar-refractivity contribution < 1.29 is 5.11 Å². The molecule has 1 aromatic carbocycles. The summed E-state index contributed by atoms with van der Waals surface area (Å²) in [5.41, 5.74) is 1.21. The third-order valence-corrected chi connectivity index (χ3v) is 3.36. The SMILES string of the molecule is Oc1cccc(CN2CCSCC2)c1. The van der Waals surface area contributed by atoms with Crippen LogP contribution in [0.5, 0.6) is 5.75 Å². The number of phenols is 1. The molecular weight excluding hydrogens is 194 g/mol. The molecule has 3 heteroatoms. The Balaban J connectivity index is 1.95.